The molecule has 0 aliphatic heterocycles. The number of ether oxygens (including phenoxy) is 2. The highest BCUT2D eigenvalue weighted by Crippen LogP contribution is 2.48. The maximum absolute atomic E-state index is 12.1. The average Bonchev–Trinajstić information content (AvgIpc) is 3.08. The Morgan fingerprint density at radius 1 is 1.14 bits per heavy atom. The van der Waals surface area contributed by atoms with Crippen molar-refractivity contribution in [1.29, 1.82) is 0 Å². The first-order chi connectivity index (χ1) is 10.1. The molecule has 1 aromatic rings. The van der Waals surface area contributed by atoms with Gasteiger partial charge in [0.25, 0.3) is 0 Å². The van der Waals surface area contributed by atoms with Crippen molar-refractivity contribution in [2.75, 3.05) is 0 Å². The van der Waals surface area contributed by atoms with Crippen molar-refractivity contribution in [1.82, 2.24) is 0 Å². The van der Waals surface area contributed by atoms with Crippen molar-refractivity contribution in [3.8, 4) is 5.75 Å². The van der Waals surface area contributed by atoms with Crippen LogP contribution in [0.15, 0.2) is 24.3 Å². The second-order valence-corrected chi connectivity index (χ2v) is 6.13. The lowest BCUT2D eigenvalue weighted by Gasteiger charge is -2.19. The molecule has 3 atom stereocenters. The third-order valence-electron chi connectivity index (χ3n) is 4.61. The summed E-state index contributed by atoms with van der Waals surface area (Å²) in [5.41, 5.74) is 0.905. The highest BCUT2D eigenvalue weighted by Gasteiger charge is 2.43. The van der Waals surface area contributed by atoms with E-state index in [4.69, 9.17) is 9.47 Å². The van der Waals surface area contributed by atoms with Gasteiger partial charge in [0, 0.05) is 6.92 Å². The van der Waals surface area contributed by atoms with Gasteiger partial charge in [-0.2, -0.15) is 0 Å². The highest BCUT2D eigenvalue weighted by molar-refractivity contribution is 5.73. The Kier molecular flexibility index (Phi) is 3.95. The predicted molar refractivity (Wildman–Crippen MR) is 76.5 cm³/mol. The van der Waals surface area contributed by atoms with E-state index in [9.17, 15) is 9.59 Å². The van der Waals surface area contributed by atoms with Crippen molar-refractivity contribution >= 4 is 11.9 Å². The summed E-state index contributed by atoms with van der Waals surface area (Å²) in [6, 6.07) is 7.04. The van der Waals surface area contributed by atoms with Gasteiger partial charge in [0.15, 0.2) is 0 Å². The standard InChI is InChI=1S/C17H20O4/c1-11(18)21-15-6-3-12(4-7-15)10-20-17(19)16-9-13-2-5-14(16)8-13/h3-4,6-7,13-14,16H,2,5,8-10H2,1H3. The highest BCUT2D eigenvalue weighted by atomic mass is 16.5. The number of rotatable bonds is 4. The number of benzene rings is 1. The molecule has 0 aromatic heterocycles. The molecule has 2 aliphatic carbocycles. The first kappa shape index (κ1) is 14.1. The van der Waals surface area contributed by atoms with Crippen molar-refractivity contribution in [2.45, 2.75) is 39.2 Å². The van der Waals surface area contributed by atoms with Crippen molar-refractivity contribution in [2.24, 2.45) is 17.8 Å². The molecular formula is C17H20O4. The number of fused-ring (bicyclic) bond motifs is 2. The number of carbonyl (C=O) groups is 2. The molecular weight excluding hydrogens is 268 g/mol. The van der Waals surface area contributed by atoms with Crippen LogP contribution in [0.5, 0.6) is 5.75 Å². The minimum absolute atomic E-state index is 0.0498. The van der Waals surface area contributed by atoms with Crippen LogP contribution < -0.4 is 4.74 Å². The van der Waals surface area contributed by atoms with Crippen LogP contribution in [0.4, 0.5) is 0 Å². The largest absolute Gasteiger partial charge is 0.461 e. The molecule has 3 rings (SSSR count). The van der Waals surface area contributed by atoms with Crippen molar-refractivity contribution in [3.05, 3.63) is 29.8 Å². The van der Waals surface area contributed by atoms with Gasteiger partial charge in [0.1, 0.15) is 12.4 Å². The molecule has 0 N–H and O–H groups in total. The van der Waals surface area contributed by atoms with Gasteiger partial charge in [-0.3, -0.25) is 9.59 Å². The molecule has 2 saturated carbocycles. The Morgan fingerprint density at radius 2 is 1.90 bits per heavy atom. The molecule has 112 valence electrons. The fourth-order valence-corrected chi connectivity index (χ4v) is 3.61. The summed E-state index contributed by atoms with van der Waals surface area (Å²) in [7, 11) is 0. The summed E-state index contributed by atoms with van der Waals surface area (Å²) in [6.45, 7) is 1.65. The van der Waals surface area contributed by atoms with E-state index in [2.05, 4.69) is 0 Å². The summed E-state index contributed by atoms with van der Waals surface area (Å²) >= 11 is 0. The lowest BCUT2D eigenvalue weighted by molar-refractivity contribution is -0.151. The zero-order chi connectivity index (χ0) is 14.8. The Labute approximate surface area is 124 Å². The van der Waals surface area contributed by atoms with E-state index in [0.29, 0.717) is 11.7 Å². The summed E-state index contributed by atoms with van der Waals surface area (Å²) in [4.78, 5) is 23.0. The maximum atomic E-state index is 12.1. The Bertz CT molecular complexity index is 534. The minimum Gasteiger partial charge on any atom is -0.461 e. The molecule has 1 aromatic carbocycles. The van der Waals surface area contributed by atoms with Crippen LogP contribution >= 0.6 is 0 Å². The molecule has 2 fully saturated rings. The Hall–Kier alpha value is -1.84. The van der Waals surface area contributed by atoms with Crippen LogP contribution in [0.2, 0.25) is 0 Å². The van der Waals surface area contributed by atoms with Crippen LogP contribution in [0.3, 0.4) is 0 Å². The molecule has 4 heteroatoms. The van der Waals surface area contributed by atoms with Gasteiger partial charge in [0.2, 0.25) is 0 Å². The van der Waals surface area contributed by atoms with Gasteiger partial charge in [-0.1, -0.05) is 18.6 Å². The average molecular weight is 288 g/mol. The summed E-state index contributed by atoms with van der Waals surface area (Å²) in [5.74, 6) is 1.52. The predicted octanol–water partition coefficient (Wildman–Crippen LogP) is 3.09. The lowest BCUT2D eigenvalue weighted by Crippen LogP contribution is -2.23. The monoisotopic (exact) mass is 288 g/mol. The molecule has 0 spiro atoms. The third-order valence-corrected chi connectivity index (χ3v) is 4.61. The van der Waals surface area contributed by atoms with Crippen LogP contribution in [0, 0.1) is 17.8 Å². The van der Waals surface area contributed by atoms with Crippen molar-refractivity contribution < 1.29 is 19.1 Å². The zero-order valence-corrected chi connectivity index (χ0v) is 12.2. The van der Waals surface area contributed by atoms with E-state index < -0.39 is 0 Å². The maximum Gasteiger partial charge on any atom is 0.309 e. The topological polar surface area (TPSA) is 52.6 Å². The van der Waals surface area contributed by atoms with E-state index in [-0.39, 0.29) is 24.5 Å². The molecule has 0 heterocycles. The van der Waals surface area contributed by atoms with Gasteiger partial charge in [0.05, 0.1) is 5.92 Å². The quantitative estimate of drug-likeness (QED) is 0.631. The fourth-order valence-electron chi connectivity index (χ4n) is 3.61. The molecule has 2 aliphatic rings. The summed E-state index contributed by atoms with van der Waals surface area (Å²) in [6.07, 6.45) is 4.68. The second-order valence-electron chi connectivity index (χ2n) is 6.13. The van der Waals surface area contributed by atoms with E-state index in [0.717, 1.165) is 17.9 Å². The first-order valence-corrected chi connectivity index (χ1v) is 7.56. The van der Waals surface area contributed by atoms with Gasteiger partial charge in [-0.25, -0.2) is 0 Å². The number of carbonyl (C=O) groups excluding carboxylic acids is 2. The van der Waals surface area contributed by atoms with Crippen LogP contribution in [-0.2, 0) is 20.9 Å². The van der Waals surface area contributed by atoms with Gasteiger partial charge < -0.3 is 9.47 Å². The normalized spacial score (nSPS) is 26.6. The van der Waals surface area contributed by atoms with Crippen molar-refractivity contribution in [3.63, 3.8) is 0 Å². The third kappa shape index (κ3) is 3.26. The number of hydrogen-bond donors (Lipinski definition) is 0. The molecule has 0 saturated heterocycles. The Balaban J connectivity index is 1.50. The molecule has 0 amide bonds. The molecule has 21 heavy (non-hydrogen) atoms. The Morgan fingerprint density at radius 3 is 2.48 bits per heavy atom. The van der Waals surface area contributed by atoms with E-state index in [1.807, 2.05) is 12.1 Å². The number of esters is 2. The SMILES string of the molecule is CC(=O)Oc1ccc(COC(=O)C2CC3CCC2C3)cc1. The number of hydrogen-bond acceptors (Lipinski definition) is 4. The van der Waals surface area contributed by atoms with Crippen LogP contribution in [-0.4, -0.2) is 11.9 Å². The minimum atomic E-state index is -0.342. The smallest absolute Gasteiger partial charge is 0.309 e. The van der Waals surface area contributed by atoms with E-state index in [1.165, 1.54) is 26.2 Å². The summed E-state index contributed by atoms with van der Waals surface area (Å²) in [5, 5.41) is 0. The molecule has 4 nitrogen and oxygen atoms in total. The molecule has 2 bridgehead atoms. The van der Waals surface area contributed by atoms with Gasteiger partial charge >= 0.3 is 11.9 Å². The lowest BCUT2D eigenvalue weighted by atomic mass is 9.89. The fraction of sp³-hybridized carbons (Fsp3) is 0.529. The van der Waals surface area contributed by atoms with E-state index in [1.54, 1.807) is 12.1 Å². The van der Waals surface area contributed by atoms with Gasteiger partial charge in [-0.05, 0) is 48.8 Å². The molecule has 0 radical (unpaired) electrons. The van der Waals surface area contributed by atoms with E-state index >= 15 is 0 Å². The van der Waals surface area contributed by atoms with Crippen LogP contribution in [0.25, 0.3) is 0 Å². The first-order valence-electron chi connectivity index (χ1n) is 7.56. The molecule has 3 unspecified atom stereocenters. The zero-order valence-electron chi connectivity index (χ0n) is 12.2. The van der Waals surface area contributed by atoms with Gasteiger partial charge in [-0.15, -0.1) is 0 Å². The summed E-state index contributed by atoms with van der Waals surface area (Å²) < 4.78 is 10.4. The second kappa shape index (κ2) is 5.88. The van der Waals surface area contributed by atoms with Crippen LogP contribution in [0.1, 0.15) is 38.2 Å².